The lowest BCUT2D eigenvalue weighted by molar-refractivity contribution is -0.0550. The van der Waals surface area contributed by atoms with Crippen LogP contribution in [-0.4, -0.2) is 60.8 Å². The molecular weight excluding hydrogens is 310 g/mol. The van der Waals surface area contributed by atoms with Gasteiger partial charge in [-0.2, -0.15) is 4.98 Å². The molecule has 0 spiro atoms. The van der Waals surface area contributed by atoms with Crippen LogP contribution >= 0.6 is 0 Å². The van der Waals surface area contributed by atoms with Crippen LogP contribution in [0, 0.1) is 5.92 Å². The van der Waals surface area contributed by atoms with Gasteiger partial charge in [-0.3, -0.25) is 20.0 Å². The monoisotopic (exact) mass is 329 g/mol. The van der Waals surface area contributed by atoms with E-state index in [0.717, 1.165) is 10.8 Å². The minimum atomic E-state index is -1.48. The van der Waals surface area contributed by atoms with Crippen LogP contribution in [0.1, 0.15) is 30.4 Å². The molecule has 1 aromatic rings. The smallest absolute Gasteiger partial charge is 0.351 e. The van der Waals surface area contributed by atoms with Gasteiger partial charge < -0.3 is 20.1 Å². The predicted molar refractivity (Wildman–Crippen MR) is 76.1 cm³/mol. The summed E-state index contributed by atoms with van der Waals surface area (Å²) < 4.78 is 6.10. The molecule has 0 amide bonds. The summed E-state index contributed by atoms with van der Waals surface area (Å²) in [5.41, 5.74) is 0.717. The van der Waals surface area contributed by atoms with E-state index >= 15 is 0 Å². The summed E-state index contributed by atoms with van der Waals surface area (Å²) in [6, 6.07) is 0. The predicted octanol–water partition coefficient (Wildman–Crippen LogP) is -1.51. The van der Waals surface area contributed by atoms with Crippen molar-refractivity contribution in [2.75, 3.05) is 12.1 Å². The van der Waals surface area contributed by atoms with Gasteiger partial charge >= 0.3 is 5.69 Å². The first-order valence-corrected chi connectivity index (χ1v) is 7.01. The number of rotatable bonds is 5. The molecule has 2 rings (SSSR count). The topological polar surface area (TPSA) is 154 Å². The molecule has 1 fully saturated rings. The minimum Gasteiger partial charge on any atom is -0.394 e. The number of carbonyl (C=O) groups is 1. The number of ether oxygens (including phenoxy) is 1. The van der Waals surface area contributed by atoms with E-state index in [-0.39, 0.29) is 11.4 Å². The number of Topliss-reactive ketones (excluding diaryl/α,β-unsaturated/α-hetero) is 1. The molecule has 10 nitrogen and oxygen atoms in total. The van der Waals surface area contributed by atoms with E-state index in [4.69, 9.17) is 15.1 Å². The fourth-order valence-electron chi connectivity index (χ4n) is 2.34. The Morgan fingerprint density at radius 2 is 2.09 bits per heavy atom. The summed E-state index contributed by atoms with van der Waals surface area (Å²) in [5, 5.41) is 37.9. The number of hydrogen-bond donors (Lipinski definition) is 5. The Kier molecular flexibility index (Phi) is 5.12. The third-order valence-corrected chi connectivity index (χ3v) is 3.64. The molecule has 0 bridgehead atoms. The Labute approximate surface area is 130 Å². The van der Waals surface area contributed by atoms with Crippen LogP contribution in [0.15, 0.2) is 11.0 Å². The highest BCUT2D eigenvalue weighted by Gasteiger charge is 2.44. The van der Waals surface area contributed by atoms with E-state index in [1.54, 1.807) is 19.3 Å². The highest BCUT2D eigenvalue weighted by molar-refractivity contribution is 6.01. The maximum absolute atomic E-state index is 12.2. The SMILES string of the molecule is CC(C)C(=O)c1cn(C2O[C@H](CO)[C@@H](O)[C@H]2O)c(=O)nc1NO. The zero-order chi connectivity index (χ0) is 17.3. The molecule has 1 aliphatic heterocycles. The first-order valence-electron chi connectivity index (χ1n) is 7.01. The Bertz CT molecular complexity index is 645. The molecule has 23 heavy (non-hydrogen) atoms. The third-order valence-electron chi connectivity index (χ3n) is 3.64. The second-order valence-electron chi connectivity index (χ2n) is 5.55. The Hall–Kier alpha value is -1.85. The number of ketones is 1. The van der Waals surface area contributed by atoms with Gasteiger partial charge in [0, 0.05) is 12.1 Å². The van der Waals surface area contributed by atoms with Gasteiger partial charge in [-0.1, -0.05) is 13.8 Å². The summed E-state index contributed by atoms with van der Waals surface area (Å²) >= 11 is 0. The van der Waals surface area contributed by atoms with Gasteiger partial charge in [0.15, 0.2) is 17.8 Å². The van der Waals surface area contributed by atoms with Crippen LogP contribution < -0.4 is 11.2 Å². The molecule has 0 radical (unpaired) electrons. The summed E-state index contributed by atoms with van der Waals surface area (Å²) in [6.45, 7) is 2.71. The fraction of sp³-hybridized carbons (Fsp3) is 0.615. The first-order chi connectivity index (χ1) is 10.8. The Balaban J connectivity index is 2.50. The molecule has 1 aromatic heterocycles. The van der Waals surface area contributed by atoms with Crippen LogP contribution in [-0.2, 0) is 4.74 Å². The van der Waals surface area contributed by atoms with Gasteiger partial charge in [0.2, 0.25) is 0 Å². The average molecular weight is 329 g/mol. The summed E-state index contributed by atoms with van der Waals surface area (Å²) in [6.07, 6.45) is -4.16. The van der Waals surface area contributed by atoms with Crippen molar-refractivity contribution in [2.45, 2.75) is 38.4 Å². The molecule has 4 atom stereocenters. The molecule has 0 saturated carbocycles. The molecule has 0 aliphatic carbocycles. The third kappa shape index (κ3) is 3.12. The molecule has 2 heterocycles. The molecule has 1 aliphatic rings. The lowest BCUT2D eigenvalue weighted by Crippen LogP contribution is -2.36. The van der Waals surface area contributed by atoms with E-state index in [0.29, 0.717) is 0 Å². The van der Waals surface area contributed by atoms with E-state index in [1.807, 2.05) is 0 Å². The second kappa shape index (κ2) is 6.72. The quantitative estimate of drug-likeness (QED) is 0.320. The standard InChI is InChI=1S/C13H19N3O7/c1-5(2)8(18)6-3-16(13(21)14-11(6)15-22)12-10(20)9(19)7(4-17)23-12/h3,5,7,9-10,12,17,19-20,22H,4H2,1-2H3,(H,14,15,21)/t7-,9-,10-,12?/m1/s1. The van der Waals surface area contributed by atoms with E-state index in [1.165, 1.54) is 0 Å². The van der Waals surface area contributed by atoms with Crippen molar-refractivity contribution in [3.05, 3.63) is 22.2 Å². The van der Waals surface area contributed by atoms with E-state index in [9.17, 15) is 19.8 Å². The Morgan fingerprint density at radius 1 is 1.43 bits per heavy atom. The van der Waals surface area contributed by atoms with Gasteiger partial charge in [-0.15, -0.1) is 0 Å². The zero-order valence-corrected chi connectivity index (χ0v) is 12.6. The first kappa shape index (κ1) is 17.5. The maximum Gasteiger partial charge on any atom is 0.351 e. The largest absolute Gasteiger partial charge is 0.394 e. The van der Waals surface area contributed by atoms with Crippen LogP contribution in [0.4, 0.5) is 5.82 Å². The number of carbonyl (C=O) groups excluding carboxylic acids is 1. The summed E-state index contributed by atoms with van der Waals surface area (Å²) in [7, 11) is 0. The molecule has 1 saturated heterocycles. The van der Waals surface area contributed by atoms with E-state index < -0.39 is 48.5 Å². The molecule has 5 N–H and O–H groups in total. The van der Waals surface area contributed by atoms with Crippen LogP contribution in [0.3, 0.4) is 0 Å². The normalized spacial score (nSPS) is 27.4. The number of nitrogens with one attached hydrogen (secondary N) is 1. The van der Waals surface area contributed by atoms with Gasteiger partial charge in [0.25, 0.3) is 0 Å². The lowest BCUT2D eigenvalue weighted by atomic mass is 10.0. The van der Waals surface area contributed by atoms with Crippen LogP contribution in [0.25, 0.3) is 0 Å². The summed E-state index contributed by atoms with van der Waals surface area (Å²) in [5.74, 6) is -1.13. The number of aliphatic hydroxyl groups excluding tert-OH is 3. The minimum absolute atomic E-state index is 0.0696. The molecule has 0 aromatic carbocycles. The molecule has 128 valence electrons. The van der Waals surface area contributed by atoms with Gasteiger partial charge in [-0.05, 0) is 0 Å². The number of aromatic nitrogens is 2. The van der Waals surface area contributed by atoms with Crippen molar-refractivity contribution in [3.8, 4) is 0 Å². The average Bonchev–Trinajstić information content (AvgIpc) is 2.81. The number of hydrogen-bond acceptors (Lipinski definition) is 9. The van der Waals surface area contributed by atoms with Gasteiger partial charge in [0.05, 0.1) is 12.2 Å². The maximum atomic E-state index is 12.2. The highest BCUT2D eigenvalue weighted by Crippen LogP contribution is 2.29. The van der Waals surface area contributed by atoms with Crippen molar-refractivity contribution in [3.63, 3.8) is 0 Å². The van der Waals surface area contributed by atoms with Crippen LogP contribution in [0.5, 0.6) is 0 Å². The van der Waals surface area contributed by atoms with Gasteiger partial charge in [-0.25, -0.2) is 4.79 Å². The van der Waals surface area contributed by atoms with Crippen molar-refractivity contribution in [2.24, 2.45) is 5.92 Å². The Morgan fingerprint density at radius 3 is 2.57 bits per heavy atom. The summed E-state index contributed by atoms with van der Waals surface area (Å²) in [4.78, 5) is 27.7. The van der Waals surface area contributed by atoms with Crippen molar-refractivity contribution >= 4 is 11.6 Å². The highest BCUT2D eigenvalue weighted by atomic mass is 16.6. The molecule has 1 unspecified atom stereocenters. The van der Waals surface area contributed by atoms with Crippen molar-refractivity contribution in [1.82, 2.24) is 9.55 Å². The van der Waals surface area contributed by atoms with Gasteiger partial charge in [0.1, 0.15) is 18.3 Å². The molecule has 10 heteroatoms. The zero-order valence-electron chi connectivity index (χ0n) is 12.6. The number of aliphatic hydroxyl groups is 3. The fourth-order valence-corrected chi connectivity index (χ4v) is 2.34. The second-order valence-corrected chi connectivity index (χ2v) is 5.55. The van der Waals surface area contributed by atoms with Crippen molar-refractivity contribution < 1.29 is 30.1 Å². The molecular formula is C13H19N3O7. The van der Waals surface area contributed by atoms with Crippen molar-refractivity contribution in [1.29, 1.82) is 0 Å². The number of anilines is 1. The number of nitrogens with zero attached hydrogens (tertiary/aromatic N) is 2. The lowest BCUT2D eigenvalue weighted by Gasteiger charge is -2.19. The van der Waals surface area contributed by atoms with Crippen LogP contribution in [0.2, 0.25) is 0 Å². The van der Waals surface area contributed by atoms with E-state index in [2.05, 4.69) is 4.98 Å².